The minimum atomic E-state index is -0.0942. The fraction of sp³-hybridized carbons (Fsp3) is 0.552. The van der Waals surface area contributed by atoms with Crippen molar-refractivity contribution in [3.05, 3.63) is 47.2 Å². The Labute approximate surface area is 213 Å². The molecular formula is C29H37N5O2. The number of hydrogen-bond donors (Lipinski definition) is 2. The number of carbonyl (C=O) groups excluding carboxylic acids is 2. The zero-order chi connectivity index (χ0) is 24.9. The number of nitriles is 1. The highest BCUT2D eigenvalue weighted by Gasteiger charge is 2.29. The van der Waals surface area contributed by atoms with Crippen molar-refractivity contribution in [2.24, 2.45) is 5.92 Å². The molecule has 1 aliphatic heterocycles. The molecule has 0 bridgehead atoms. The largest absolute Gasteiger partial charge is 0.353 e. The van der Waals surface area contributed by atoms with E-state index in [2.05, 4.69) is 26.2 Å². The maximum absolute atomic E-state index is 13.2. The van der Waals surface area contributed by atoms with Crippen molar-refractivity contribution in [2.45, 2.75) is 76.7 Å². The average molecular weight is 488 g/mol. The predicted octanol–water partition coefficient (Wildman–Crippen LogP) is 4.33. The summed E-state index contributed by atoms with van der Waals surface area (Å²) in [5, 5.41) is 16.4. The molecule has 7 heteroatoms. The summed E-state index contributed by atoms with van der Waals surface area (Å²) < 4.78 is 2.08. The lowest BCUT2D eigenvalue weighted by molar-refractivity contribution is -0.127. The molecule has 0 spiro atoms. The van der Waals surface area contributed by atoms with Crippen LogP contribution in [0.2, 0.25) is 0 Å². The summed E-state index contributed by atoms with van der Waals surface area (Å²) in [6.45, 7) is 1.85. The van der Waals surface area contributed by atoms with E-state index in [1.54, 1.807) is 0 Å². The van der Waals surface area contributed by atoms with Crippen LogP contribution < -0.4 is 10.6 Å². The SMILES string of the molecule is N#Cc1c2c(n(-c3ccccc3)c1NC(=O)CN1CCC(NC(=O)C3CCCCC3)CC1)CCCC2. The summed E-state index contributed by atoms with van der Waals surface area (Å²) in [5.74, 6) is 0.919. The smallest absolute Gasteiger partial charge is 0.239 e. The first-order valence-corrected chi connectivity index (χ1v) is 13.7. The van der Waals surface area contributed by atoms with Gasteiger partial charge < -0.3 is 10.6 Å². The lowest BCUT2D eigenvalue weighted by atomic mass is 9.88. The average Bonchev–Trinajstić information content (AvgIpc) is 3.23. The first kappa shape index (κ1) is 24.6. The third-order valence-electron chi connectivity index (χ3n) is 8.13. The number of para-hydroxylation sites is 1. The monoisotopic (exact) mass is 487 g/mol. The number of rotatable bonds is 6. The Hall–Kier alpha value is -3.11. The van der Waals surface area contributed by atoms with Crippen LogP contribution in [-0.4, -0.2) is 47.0 Å². The molecule has 1 saturated heterocycles. The van der Waals surface area contributed by atoms with Crippen LogP contribution in [0.5, 0.6) is 0 Å². The van der Waals surface area contributed by atoms with Gasteiger partial charge in [0.25, 0.3) is 0 Å². The molecule has 1 saturated carbocycles. The Morgan fingerprint density at radius 2 is 1.67 bits per heavy atom. The van der Waals surface area contributed by atoms with Crippen molar-refractivity contribution in [1.82, 2.24) is 14.8 Å². The van der Waals surface area contributed by atoms with Crippen LogP contribution in [0.25, 0.3) is 5.69 Å². The predicted molar refractivity (Wildman–Crippen MR) is 140 cm³/mol. The summed E-state index contributed by atoms with van der Waals surface area (Å²) in [6.07, 6.45) is 11.3. The van der Waals surface area contributed by atoms with Crippen molar-refractivity contribution in [3.63, 3.8) is 0 Å². The molecule has 7 nitrogen and oxygen atoms in total. The van der Waals surface area contributed by atoms with Crippen molar-refractivity contribution >= 4 is 17.6 Å². The van der Waals surface area contributed by atoms with Crippen LogP contribution in [-0.2, 0) is 22.4 Å². The second-order valence-electron chi connectivity index (χ2n) is 10.6. The van der Waals surface area contributed by atoms with E-state index in [1.165, 1.54) is 6.42 Å². The number of fused-ring (bicyclic) bond motifs is 1. The Bertz CT molecular complexity index is 1120. The number of nitrogens with one attached hydrogen (secondary N) is 2. The van der Waals surface area contributed by atoms with Gasteiger partial charge >= 0.3 is 0 Å². The van der Waals surface area contributed by atoms with Gasteiger partial charge in [-0.3, -0.25) is 19.1 Å². The normalized spacial score (nSPS) is 19.3. The summed E-state index contributed by atoms with van der Waals surface area (Å²) in [4.78, 5) is 27.9. The quantitative estimate of drug-likeness (QED) is 0.635. The summed E-state index contributed by atoms with van der Waals surface area (Å²) in [5.41, 5.74) is 3.80. The number of carbonyl (C=O) groups is 2. The molecule has 1 aromatic carbocycles. The molecule has 0 atom stereocenters. The second kappa shape index (κ2) is 11.3. The first-order chi connectivity index (χ1) is 17.6. The fourth-order valence-corrected chi connectivity index (χ4v) is 6.19. The van der Waals surface area contributed by atoms with E-state index in [4.69, 9.17) is 0 Å². The number of hydrogen-bond acceptors (Lipinski definition) is 4. The third-order valence-corrected chi connectivity index (χ3v) is 8.13. The Balaban J connectivity index is 1.22. The number of nitrogens with zero attached hydrogens (tertiary/aromatic N) is 3. The second-order valence-corrected chi connectivity index (χ2v) is 10.6. The van der Waals surface area contributed by atoms with E-state index in [9.17, 15) is 14.9 Å². The number of aromatic nitrogens is 1. The summed E-state index contributed by atoms with van der Waals surface area (Å²) >= 11 is 0. The summed E-state index contributed by atoms with van der Waals surface area (Å²) in [7, 11) is 0. The van der Waals surface area contributed by atoms with Crippen molar-refractivity contribution < 1.29 is 9.59 Å². The molecule has 1 aromatic heterocycles. The number of amides is 2. The molecule has 36 heavy (non-hydrogen) atoms. The maximum Gasteiger partial charge on any atom is 0.239 e. The minimum absolute atomic E-state index is 0.0942. The number of piperidine rings is 1. The van der Waals surface area contributed by atoms with Gasteiger partial charge in [-0.2, -0.15) is 5.26 Å². The Morgan fingerprint density at radius 1 is 0.944 bits per heavy atom. The molecule has 0 radical (unpaired) electrons. The Morgan fingerprint density at radius 3 is 2.39 bits per heavy atom. The van der Waals surface area contributed by atoms with E-state index in [0.717, 1.165) is 94.2 Å². The van der Waals surface area contributed by atoms with Gasteiger partial charge in [-0.25, -0.2) is 0 Å². The molecule has 2 amide bonds. The molecule has 2 aliphatic carbocycles. The van der Waals surface area contributed by atoms with Gasteiger partial charge in [0, 0.05) is 36.4 Å². The van der Waals surface area contributed by atoms with Gasteiger partial charge in [0.1, 0.15) is 11.9 Å². The van der Waals surface area contributed by atoms with Crippen LogP contribution in [0.4, 0.5) is 5.82 Å². The zero-order valence-corrected chi connectivity index (χ0v) is 21.1. The van der Waals surface area contributed by atoms with Gasteiger partial charge in [0.05, 0.1) is 12.1 Å². The lowest BCUT2D eigenvalue weighted by Crippen LogP contribution is -2.48. The van der Waals surface area contributed by atoms with Crippen LogP contribution in [0.15, 0.2) is 30.3 Å². The molecule has 0 unspecified atom stereocenters. The molecule has 3 aliphatic rings. The van der Waals surface area contributed by atoms with E-state index >= 15 is 0 Å². The van der Waals surface area contributed by atoms with Crippen LogP contribution in [0, 0.1) is 17.2 Å². The topological polar surface area (TPSA) is 90.2 Å². The van der Waals surface area contributed by atoms with Crippen molar-refractivity contribution in [3.8, 4) is 11.8 Å². The molecule has 2 heterocycles. The van der Waals surface area contributed by atoms with E-state index in [-0.39, 0.29) is 23.8 Å². The molecule has 5 rings (SSSR count). The third kappa shape index (κ3) is 5.34. The summed E-state index contributed by atoms with van der Waals surface area (Å²) in [6, 6.07) is 12.6. The molecule has 2 fully saturated rings. The molecule has 2 N–H and O–H groups in total. The van der Waals surface area contributed by atoms with E-state index in [1.807, 2.05) is 30.3 Å². The maximum atomic E-state index is 13.2. The van der Waals surface area contributed by atoms with Gasteiger partial charge in [0.15, 0.2) is 0 Å². The highest BCUT2D eigenvalue weighted by molar-refractivity contribution is 5.93. The van der Waals surface area contributed by atoms with E-state index in [0.29, 0.717) is 17.9 Å². The van der Waals surface area contributed by atoms with Gasteiger partial charge in [0.2, 0.25) is 11.8 Å². The molecular weight excluding hydrogens is 450 g/mol. The van der Waals surface area contributed by atoms with Crippen LogP contribution >= 0.6 is 0 Å². The van der Waals surface area contributed by atoms with Crippen molar-refractivity contribution in [2.75, 3.05) is 25.0 Å². The number of benzene rings is 1. The molecule has 2 aromatic rings. The number of anilines is 1. The first-order valence-electron chi connectivity index (χ1n) is 13.7. The highest BCUT2D eigenvalue weighted by Crippen LogP contribution is 2.35. The minimum Gasteiger partial charge on any atom is -0.353 e. The van der Waals surface area contributed by atoms with Crippen molar-refractivity contribution in [1.29, 1.82) is 5.26 Å². The van der Waals surface area contributed by atoms with Crippen LogP contribution in [0.3, 0.4) is 0 Å². The van der Waals surface area contributed by atoms with Gasteiger partial charge in [-0.15, -0.1) is 0 Å². The van der Waals surface area contributed by atoms with Gasteiger partial charge in [-0.1, -0.05) is 37.5 Å². The van der Waals surface area contributed by atoms with Crippen LogP contribution in [0.1, 0.15) is 74.6 Å². The van der Waals surface area contributed by atoms with Gasteiger partial charge in [-0.05, 0) is 69.1 Å². The lowest BCUT2D eigenvalue weighted by Gasteiger charge is -2.33. The highest BCUT2D eigenvalue weighted by atomic mass is 16.2. The number of likely N-dealkylation sites (tertiary alicyclic amines) is 1. The Kier molecular flexibility index (Phi) is 7.72. The molecule has 190 valence electrons. The zero-order valence-electron chi connectivity index (χ0n) is 21.1. The van der Waals surface area contributed by atoms with E-state index < -0.39 is 0 Å². The fourth-order valence-electron chi connectivity index (χ4n) is 6.19. The standard InChI is InChI=1S/C29H37N5O2/c30-19-25-24-13-7-8-14-26(24)34(23-11-5-2-6-12-23)28(25)32-27(35)20-33-17-15-22(16-18-33)31-29(36)21-9-3-1-4-10-21/h2,5-6,11-12,21-22H,1,3-4,7-10,13-18,20H2,(H,31,36)(H,32,35).